The fourth-order valence-corrected chi connectivity index (χ4v) is 3.70. The number of allylic oxidation sites excluding steroid dienone is 1. The molecule has 0 radical (unpaired) electrons. The van der Waals surface area contributed by atoms with Crippen LogP contribution in [0.5, 0.6) is 0 Å². The quantitative estimate of drug-likeness (QED) is 0.125. The molecule has 0 bridgehead atoms. The van der Waals surface area contributed by atoms with E-state index < -0.39 is 5.97 Å². The molecule has 0 spiro atoms. The van der Waals surface area contributed by atoms with E-state index in [2.05, 4.69) is 9.99 Å². The van der Waals surface area contributed by atoms with Gasteiger partial charge < -0.3 is 4.84 Å². The Morgan fingerprint density at radius 3 is 2.03 bits per heavy atom. The lowest BCUT2D eigenvalue weighted by Crippen LogP contribution is -2.14. The number of Topliss-reactive ketones (excluding diaryl/α,β-unsaturated/α-hetero) is 1. The monoisotopic (exact) mass is 457 g/mol. The normalized spacial score (nSPS) is 11.4. The lowest BCUT2D eigenvalue weighted by Gasteiger charge is -2.05. The van der Waals surface area contributed by atoms with Crippen molar-refractivity contribution in [3.8, 4) is 0 Å². The van der Waals surface area contributed by atoms with Crippen LogP contribution in [0.1, 0.15) is 46.5 Å². The molecule has 0 saturated heterocycles. The summed E-state index contributed by atoms with van der Waals surface area (Å²) >= 11 is 1.56. The largest absolute Gasteiger partial charge is 0.331 e. The number of ketones is 2. The zero-order valence-electron chi connectivity index (χ0n) is 18.4. The number of hydrogen-bond acceptors (Lipinski definition) is 6. The Kier molecular flexibility index (Phi) is 8.49. The Bertz CT molecular complexity index is 1180. The Balaban J connectivity index is 1.61. The van der Waals surface area contributed by atoms with Crippen molar-refractivity contribution in [1.29, 1.82) is 0 Å². The summed E-state index contributed by atoms with van der Waals surface area (Å²) in [5.74, 6) is -0.867. The molecule has 0 saturated carbocycles. The van der Waals surface area contributed by atoms with E-state index in [4.69, 9.17) is 0 Å². The molecule has 6 heteroatoms. The highest BCUT2D eigenvalue weighted by Gasteiger charge is 2.14. The first-order valence-corrected chi connectivity index (χ1v) is 11.2. The van der Waals surface area contributed by atoms with Gasteiger partial charge in [0, 0.05) is 27.8 Å². The minimum absolute atomic E-state index is 0.0344. The van der Waals surface area contributed by atoms with Gasteiger partial charge in [-0.15, -0.1) is 0 Å². The zero-order valence-corrected chi connectivity index (χ0v) is 19.2. The summed E-state index contributed by atoms with van der Waals surface area (Å²) in [6, 6.07) is 24.2. The first kappa shape index (κ1) is 23.9. The number of benzene rings is 3. The fraction of sp³-hybridized carbons (Fsp3) is 0.111. The number of hydrogen-bond donors (Lipinski definition) is 0. The third kappa shape index (κ3) is 7.12. The molecule has 0 N–H and O–H groups in total. The Hall–Kier alpha value is -3.77. The summed E-state index contributed by atoms with van der Waals surface area (Å²) in [7, 11) is 0. The molecule has 3 aromatic rings. The molecule has 0 aromatic heterocycles. The molecule has 0 aliphatic rings. The third-order valence-electron chi connectivity index (χ3n) is 4.60. The topological polar surface area (TPSA) is 72.8 Å². The minimum atomic E-state index is -0.565. The summed E-state index contributed by atoms with van der Waals surface area (Å²) in [4.78, 5) is 42.3. The van der Waals surface area contributed by atoms with Gasteiger partial charge >= 0.3 is 5.97 Å². The number of carbonyl (C=O) groups excluding carboxylic acids is 3. The molecule has 3 rings (SSSR count). The van der Waals surface area contributed by atoms with Gasteiger partial charge in [0.25, 0.3) is 0 Å². The van der Waals surface area contributed by atoms with Crippen molar-refractivity contribution in [2.24, 2.45) is 5.16 Å². The molecule has 0 atom stereocenters. The molecule has 0 heterocycles. The number of carbonyl (C=O) groups is 3. The Labute approximate surface area is 197 Å². The standard InChI is InChI=1S/C27H23NO4S/c1-3-25(28-32-19(2)29)27(31)22-12-16-24(17-13-22)33-23-14-9-20(10-15-23)11-18-26(30)21-7-5-4-6-8-21/h4-18H,3H2,1-2H3. The van der Waals surface area contributed by atoms with E-state index >= 15 is 0 Å². The van der Waals surface area contributed by atoms with E-state index in [1.54, 1.807) is 55.1 Å². The first-order chi connectivity index (χ1) is 16.0. The maximum atomic E-state index is 12.5. The van der Waals surface area contributed by atoms with E-state index in [0.717, 1.165) is 15.4 Å². The van der Waals surface area contributed by atoms with Crippen LogP contribution in [0, 0.1) is 0 Å². The Morgan fingerprint density at radius 2 is 1.45 bits per heavy atom. The first-order valence-electron chi connectivity index (χ1n) is 10.4. The van der Waals surface area contributed by atoms with Crippen molar-refractivity contribution >= 4 is 41.1 Å². The van der Waals surface area contributed by atoms with E-state index in [9.17, 15) is 14.4 Å². The van der Waals surface area contributed by atoms with Crippen molar-refractivity contribution in [3.05, 3.63) is 102 Å². The van der Waals surface area contributed by atoms with E-state index in [1.807, 2.05) is 54.6 Å². The second kappa shape index (κ2) is 11.7. The summed E-state index contributed by atoms with van der Waals surface area (Å²) in [5.41, 5.74) is 2.27. The molecular formula is C27H23NO4S. The van der Waals surface area contributed by atoms with Crippen molar-refractivity contribution < 1.29 is 19.2 Å². The van der Waals surface area contributed by atoms with Crippen LogP contribution in [0.4, 0.5) is 0 Å². The molecule has 5 nitrogen and oxygen atoms in total. The molecular weight excluding hydrogens is 434 g/mol. The molecule has 0 aliphatic carbocycles. The average Bonchev–Trinajstić information content (AvgIpc) is 2.84. The van der Waals surface area contributed by atoms with E-state index in [1.165, 1.54) is 6.92 Å². The minimum Gasteiger partial charge on any atom is -0.318 e. The molecule has 33 heavy (non-hydrogen) atoms. The molecule has 0 amide bonds. The lowest BCUT2D eigenvalue weighted by molar-refractivity contribution is -0.140. The second-order valence-corrected chi connectivity index (χ2v) is 8.21. The van der Waals surface area contributed by atoms with Crippen LogP contribution in [0.3, 0.4) is 0 Å². The van der Waals surface area contributed by atoms with Crippen LogP contribution in [-0.2, 0) is 9.63 Å². The van der Waals surface area contributed by atoms with Gasteiger partial charge in [-0.25, -0.2) is 4.79 Å². The summed E-state index contributed by atoms with van der Waals surface area (Å²) in [5, 5.41) is 3.65. The number of oxime groups is 1. The van der Waals surface area contributed by atoms with Gasteiger partial charge in [-0.05, 0) is 54.5 Å². The van der Waals surface area contributed by atoms with Gasteiger partial charge in [-0.2, -0.15) is 0 Å². The van der Waals surface area contributed by atoms with Gasteiger partial charge in [0.15, 0.2) is 5.78 Å². The fourth-order valence-electron chi connectivity index (χ4n) is 2.88. The van der Waals surface area contributed by atoms with Crippen molar-refractivity contribution in [3.63, 3.8) is 0 Å². The number of rotatable bonds is 9. The average molecular weight is 458 g/mol. The second-order valence-electron chi connectivity index (χ2n) is 7.06. The van der Waals surface area contributed by atoms with Crippen molar-refractivity contribution in [1.82, 2.24) is 0 Å². The third-order valence-corrected chi connectivity index (χ3v) is 5.61. The smallest absolute Gasteiger partial charge is 0.318 e. The molecule has 0 fully saturated rings. The highest BCUT2D eigenvalue weighted by molar-refractivity contribution is 7.99. The maximum absolute atomic E-state index is 12.5. The van der Waals surface area contributed by atoms with Crippen LogP contribution >= 0.6 is 11.8 Å². The lowest BCUT2D eigenvalue weighted by atomic mass is 10.1. The van der Waals surface area contributed by atoms with Gasteiger partial charge in [-0.1, -0.05) is 72.4 Å². The van der Waals surface area contributed by atoms with E-state index in [0.29, 0.717) is 17.5 Å². The molecule has 0 aliphatic heterocycles. The molecule has 3 aromatic carbocycles. The molecule has 0 unspecified atom stereocenters. The van der Waals surface area contributed by atoms with E-state index in [-0.39, 0.29) is 17.3 Å². The van der Waals surface area contributed by atoms with Crippen LogP contribution in [0.15, 0.2) is 99.9 Å². The van der Waals surface area contributed by atoms with Crippen molar-refractivity contribution in [2.45, 2.75) is 30.1 Å². The van der Waals surface area contributed by atoms with Crippen LogP contribution in [0.25, 0.3) is 6.08 Å². The predicted octanol–water partition coefficient (Wildman–Crippen LogP) is 6.25. The zero-order chi connectivity index (χ0) is 23.6. The van der Waals surface area contributed by atoms with Crippen LogP contribution < -0.4 is 0 Å². The highest BCUT2D eigenvalue weighted by atomic mass is 32.2. The van der Waals surface area contributed by atoms with Crippen LogP contribution in [0.2, 0.25) is 0 Å². The summed E-state index contributed by atoms with van der Waals surface area (Å²) in [6.45, 7) is 3.02. The highest BCUT2D eigenvalue weighted by Crippen LogP contribution is 2.28. The van der Waals surface area contributed by atoms with Crippen LogP contribution in [-0.4, -0.2) is 23.2 Å². The van der Waals surface area contributed by atoms with Crippen molar-refractivity contribution in [2.75, 3.05) is 0 Å². The van der Waals surface area contributed by atoms with Gasteiger partial charge in [0.2, 0.25) is 5.78 Å². The Morgan fingerprint density at radius 1 is 0.848 bits per heavy atom. The maximum Gasteiger partial charge on any atom is 0.331 e. The summed E-state index contributed by atoms with van der Waals surface area (Å²) in [6.07, 6.45) is 3.73. The molecule has 166 valence electrons. The van der Waals surface area contributed by atoms with Gasteiger partial charge in [0.1, 0.15) is 5.71 Å². The van der Waals surface area contributed by atoms with Gasteiger partial charge in [0.05, 0.1) is 0 Å². The summed E-state index contributed by atoms with van der Waals surface area (Å²) < 4.78 is 0. The SMILES string of the molecule is CCC(=NOC(C)=O)C(=O)c1ccc(Sc2ccc(C=CC(=O)c3ccccc3)cc2)cc1. The predicted molar refractivity (Wildman–Crippen MR) is 131 cm³/mol. The van der Waals surface area contributed by atoms with Gasteiger partial charge in [-0.3, -0.25) is 9.59 Å². The number of nitrogens with zero attached hydrogens (tertiary/aromatic N) is 1.